The minimum atomic E-state index is -0.530. The van der Waals surface area contributed by atoms with Crippen molar-refractivity contribution in [2.75, 3.05) is 0 Å². The van der Waals surface area contributed by atoms with Crippen molar-refractivity contribution in [3.05, 3.63) is 194 Å². The lowest BCUT2D eigenvalue weighted by atomic mass is 9.99. The van der Waals surface area contributed by atoms with Gasteiger partial charge in [0, 0.05) is 53.2 Å². The van der Waals surface area contributed by atoms with Crippen molar-refractivity contribution in [1.82, 2.24) is 19.5 Å². The Kier molecular flexibility index (Phi) is 5.75. The molecule has 0 aliphatic heterocycles. The van der Waals surface area contributed by atoms with Crippen LogP contribution >= 0.6 is 11.3 Å². The van der Waals surface area contributed by atoms with Crippen LogP contribution in [0.5, 0.6) is 0 Å². The van der Waals surface area contributed by atoms with E-state index in [-0.39, 0.29) is 34.1 Å². The quantitative estimate of drug-likeness (QED) is 0.170. The Balaban J connectivity index is 1.08. The van der Waals surface area contributed by atoms with E-state index in [0.717, 1.165) is 32.5 Å². The highest BCUT2D eigenvalue weighted by atomic mass is 32.1. The second-order valence-electron chi connectivity index (χ2n) is 13.3. The van der Waals surface area contributed by atoms with Crippen LogP contribution in [0.1, 0.15) is 12.3 Å². The molecule has 0 bridgehead atoms. The SMILES string of the molecule is [2H]c1c([2H])c([2H])c(-c2cccc3c2c2c([2H])c([2H])c([2H])c([2H])c2n3-c2ccccc2-c2ccc(-c3nc(-c4ccccc4)nc(-c4ccc5c(c4)sc4ccccc45)n3)cc2)c([2H])c1[2H]. The smallest absolute Gasteiger partial charge is 0.164 e. The van der Waals surface area contributed by atoms with Crippen LogP contribution in [0.4, 0.5) is 0 Å². The van der Waals surface area contributed by atoms with Crippen molar-refractivity contribution in [2.45, 2.75) is 0 Å². The maximum absolute atomic E-state index is 9.24. The molecule has 0 radical (unpaired) electrons. The summed E-state index contributed by atoms with van der Waals surface area (Å²) in [6.45, 7) is 0. The molecule has 8 aromatic carbocycles. The monoisotopic (exact) mass is 741 g/mol. The van der Waals surface area contributed by atoms with Crippen LogP contribution in [0.2, 0.25) is 0 Å². The largest absolute Gasteiger partial charge is 0.309 e. The molecule has 262 valence electrons. The maximum atomic E-state index is 9.24. The number of hydrogen-bond donors (Lipinski definition) is 0. The average molecular weight is 742 g/mol. The second-order valence-corrected chi connectivity index (χ2v) is 14.4. The molecule has 0 amide bonds. The second kappa shape index (κ2) is 13.3. The van der Waals surface area contributed by atoms with Crippen molar-refractivity contribution in [3.8, 4) is 62.1 Å². The molecule has 0 saturated heterocycles. The lowest BCUT2D eigenvalue weighted by Crippen LogP contribution is -2.00. The van der Waals surface area contributed by atoms with Crippen LogP contribution < -0.4 is 0 Å². The van der Waals surface area contributed by atoms with Gasteiger partial charge >= 0.3 is 0 Å². The number of thiophene rings is 1. The predicted molar refractivity (Wildman–Crippen MR) is 234 cm³/mol. The topological polar surface area (TPSA) is 43.6 Å². The van der Waals surface area contributed by atoms with Gasteiger partial charge in [0.1, 0.15) is 0 Å². The van der Waals surface area contributed by atoms with E-state index < -0.39 is 42.3 Å². The zero-order valence-electron chi connectivity index (χ0n) is 38.5. The van der Waals surface area contributed by atoms with E-state index in [2.05, 4.69) is 36.4 Å². The Morgan fingerprint density at radius 3 is 1.88 bits per heavy atom. The molecule has 3 aromatic heterocycles. The van der Waals surface area contributed by atoms with Gasteiger partial charge in [-0.1, -0.05) is 164 Å². The zero-order chi connectivity index (χ0) is 44.8. The molecule has 11 aromatic rings. The number of benzene rings is 8. The molecule has 5 heteroatoms. The Bertz CT molecular complexity index is 3750. The molecule has 56 heavy (non-hydrogen) atoms. The molecule has 0 unspecified atom stereocenters. The average Bonchev–Trinajstić information content (AvgIpc) is 3.90. The number of rotatable bonds is 6. The number of para-hydroxylation sites is 2. The van der Waals surface area contributed by atoms with Gasteiger partial charge < -0.3 is 4.57 Å². The summed E-state index contributed by atoms with van der Waals surface area (Å²) in [7, 11) is 0. The summed E-state index contributed by atoms with van der Waals surface area (Å²) in [5, 5.41) is 2.90. The van der Waals surface area contributed by atoms with Gasteiger partial charge in [0.05, 0.1) is 29.1 Å². The Hall–Kier alpha value is -7.21. The first-order chi connectivity index (χ1) is 31.5. The molecule has 0 aliphatic rings. The maximum Gasteiger partial charge on any atom is 0.164 e. The third-order valence-corrected chi connectivity index (χ3v) is 11.2. The van der Waals surface area contributed by atoms with Gasteiger partial charge in [-0.05, 0) is 47.0 Å². The van der Waals surface area contributed by atoms with Gasteiger partial charge in [0.25, 0.3) is 0 Å². The summed E-state index contributed by atoms with van der Waals surface area (Å²) >= 11 is 1.73. The van der Waals surface area contributed by atoms with Gasteiger partial charge in [-0.2, -0.15) is 0 Å². The standard InChI is InChI=1S/C51H32N4S/c1-3-14-33(15-4-1)39-21-13-24-45-48(39)42-20-8-11-23-44(42)55(45)43-22-10-7-18-38(43)34-26-28-36(29-27-34)50-52-49(35-16-5-2-6-17-35)53-51(54-50)37-30-31-41-40-19-9-12-25-46(40)56-47(41)32-37/h1-32H/i1D,3D,4D,8D,11D,14D,15D,20D,23D. The van der Waals surface area contributed by atoms with E-state index in [9.17, 15) is 2.74 Å². The first-order valence-corrected chi connectivity index (χ1v) is 18.9. The fourth-order valence-corrected chi connectivity index (χ4v) is 8.68. The summed E-state index contributed by atoms with van der Waals surface area (Å²) in [4.78, 5) is 15.0. The highest BCUT2D eigenvalue weighted by Crippen LogP contribution is 2.41. The van der Waals surface area contributed by atoms with E-state index in [1.807, 2.05) is 84.9 Å². The zero-order valence-corrected chi connectivity index (χ0v) is 30.3. The van der Waals surface area contributed by atoms with Crippen molar-refractivity contribution >= 4 is 53.3 Å². The fourth-order valence-electron chi connectivity index (χ4n) is 7.53. The summed E-state index contributed by atoms with van der Waals surface area (Å²) < 4.78 is 82.7. The predicted octanol–water partition coefficient (Wildman–Crippen LogP) is 13.7. The number of nitrogens with zero attached hydrogens (tertiary/aromatic N) is 4. The van der Waals surface area contributed by atoms with Gasteiger partial charge in [0.15, 0.2) is 17.5 Å². The highest BCUT2D eigenvalue weighted by molar-refractivity contribution is 7.25. The molecule has 0 N–H and O–H groups in total. The van der Waals surface area contributed by atoms with E-state index in [0.29, 0.717) is 34.1 Å². The molecule has 3 heterocycles. The molecule has 0 saturated carbocycles. The summed E-state index contributed by atoms with van der Waals surface area (Å²) in [6.07, 6.45) is 0. The first-order valence-electron chi connectivity index (χ1n) is 22.5. The van der Waals surface area contributed by atoms with E-state index >= 15 is 0 Å². The summed E-state index contributed by atoms with van der Waals surface area (Å²) in [6, 6.07) is 41.2. The molecule has 4 nitrogen and oxygen atoms in total. The van der Waals surface area contributed by atoms with E-state index in [1.54, 1.807) is 34.1 Å². The third-order valence-electron chi connectivity index (χ3n) is 10.1. The number of aromatic nitrogens is 4. The van der Waals surface area contributed by atoms with Crippen LogP contribution in [-0.2, 0) is 0 Å². The lowest BCUT2D eigenvalue weighted by Gasteiger charge is -2.15. The van der Waals surface area contributed by atoms with Crippen LogP contribution in [-0.4, -0.2) is 19.5 Å². The van der Waals surface area contributed by atoms with Crippen molar-refractivity contribution in [2.24, 2.45) is 0 Å². The van der Waals surface area contributed by atoms with Gasteiger partial charge in [-0.3, -0.25) is 0 Å². The Morgan fingerprint density at radius 2 is 1.04 bits per heavy atom. The molecule has 0 fully saturated rings. The van der Waals surface area contributed by atoms with Crippen molar-refractivity contribution < 1.29 is 12.3 Å². The molecular formula is C51H32N4S. The fraction of sp³-hybridized carbons (Fsp3) is 0. The third kappa shape index (κ3) is 5.40. The molecule has 0 atom stereocenters. The van der Waals surface area contributed by atoms with Crippen LogP contribution in [0.3, 0.4) is 0 Å². The van der Waals surface area contributed by atoms with Gasteiger partial charge in [-0.25, -0.2) is 15.0 Å². The minimum absolute atomic E-state index is 0.0607. The number of fused-ring (bicyclic) bond motifs is 6. The first kappa shape index (κ1) is 24.2. The van der Waals surface area contributed by atoms with Crippen LogP contribution in [0.25, 0.3) is 104 Å². The Labute approximate surface area is 340 Å². The molecule has 0 spiro atoms. The van der Waals surface area contributed by atoms with Crippen molar-refractivity contribution in [3.63, 3.8) is 0 Å². The van der Waals surface area contributed by atoms with Gasteiger partial charge in [-0.15, -0.1) is 11.3 Å². The van der Waals surface area contributed by atoms with E-state index in [1.165, 1.54) is 15.5 Å². The Morgan fingerprint density at radius 1 is 0.411 bits per heavy atom. The molecule has 11 rings (SSSR count). The van der Waals surface area contributed by atoms with Crippen molar-refractivity contribution in [1.29, 1.82) is 0 Å². The van der Waals surface area contributed by atoms with Crippen LogP contribution in [0, 0.1) is 0 Å². The van der Waals surface area contributed by atoms with Gasteiger partial charge in [0.2, 0.25) is 0 Å². The molecule has 0 aliphatic carbocycles. The normalized spacial score (nSPS) is 13.8. The molecular weight excluding hydrogens is 701 g/mol. The minimum Gasteiger partial charge on any atom is -0.309 e. The number of hydrogen-bond acceptors (Lipinski definition) is 4. The van der Waals surface area contributed by atoms with Crippen LogP contribution in [0.15, 0.2) is 194 Å². The summed E-state index contributed by atoms with van der Waals surface area (Å²) in [5.74, 6) is 1.57. The summed E-state index contributed by atoms with van der Waals surface area (Å²) in [5.41, 5.74) is 5.48. The van der Waals surface area contributed by atoms with E-state index in [4.69, 9.17) is 24.5 Å². The lowest BCUT2D eigenvalue weighted by molar-refractivity contribution is 1.07. The highest BCUT2D eigenvalue weighted by Gasteiger charge is 2.19.